The third-order valence-electron chi connectivity index (χ3n) is 1.46. The highest BCUT2D eigenvalue weighted by molar-refractivity contribution is 6.30. The van der Waals surface area contributed by atoms with Gasteiger partial charge in [0.15, 0.2) is 0 Å². The minimum atomic E-state index is 0.165. The molecule has 0 aliphatic carbocycles. The lowest BCUT2D eigenvalue weighted by molar-refractivity contribution is 1.24. The molecule has 1 aromatic heterocycles. The van der Waals surface area contributed by atoms with Crippen LogP contribution in [0.15, 0.2) is 17.4 Å². The highest BCUT2D eigenvalue weighted by Gasteiger charge is 1.95. The summed E-state index contributed by atoms with van der Waals surface area (Å²) in [6.45, 7) is 2.02. The van der Waals surface area contributed by atoms with E-state index >= 15 is 0 Å². The maximum atomic E-state index is 8.00. The summed E-state index contributed by atoms with van der Waals surface area (Å²) < 4.78 is 0. The van der Waals surface area contributed by atoms with Crippen molar-refractivity contribution in [1.29, 1.82) is 0 Å². The third kappa shape index (κ3) is 2.98. The number of hydrogen-bond acceptors (Lipinski definition) is 2. The van der Waals surface area contributed by atoms with Crippen LogP contribution < -0.4 is 0 Å². The van der Waals surface area contributed by atoms with Crippen molar-refractivity contribution in [3.8, 4) is 11.8 Å². The molecule has 0 unspecified atom stereocenters. The summed E-state index contributed by atoms with van der Waals surface area (Å²) in [5.74, 6) is 5.51. The van der Waals surface area contributed by atoms with E-state index in [2.05, 4.69) is 26.9 Å². The fraction of sp³-hybridized carbons (Fsp3) is 0.222. The van der Waals surface area contributed by atoms with Crippen LogP contribution in [0.5, 0.6) is 0 Å². The number of aromatic nitrogens is 1. The predicted molar refractivity (Wildman–Crippen MR) is 54.9 cm³/mol. The zero-order chi connectivity index (χ0) is 10.4. The minimum absolute atomic E-state index is 0.165. The smallest absolute Gasteiger partial charge is 0.132 e. The third-order valence-corrected chi connectivity index (χ3v) is 1.86. The van der Waals surface area contributed by atoms with Crippen molar-refractivity contribution < 1.29 is 0 Å². The average molecular weight is 207 g/mol. The summed E-state index contributed by atoms with van der Waals surface area (Å²) in [4.78, 5) is 6.52. The van der Waals surface area contributed by atoms with Gasteiger partial charge >= 0.3 is 0 Å². The van der Waals surface area contributed by atoms with Gasteiger partial charge < -0.3 is 0 Å². The Balaban J connectivity index is 2.80. The largest absolute Gasteiger partial charge is 0.243 e. The molecule has 0 saturated heterocycles. The molecule has 5 heteroatoms. The van der Waals surface area contributed by atoms with Crippen LogP contribution in [-0.2, 0) is 0 Å². The molecule has 0 spiro atoms. The molecule has 0 N–H and O–H groups in total. The molecule has 0 amide bonds. The predicted octanol–water partition coefficient (Wildman–Crippen LogP) is 2.71. The van der Waals surface area contributed by atoms with Crippen LogP contribution >= 0.6 is 11.6 Å². The van der Waals surface area contributed by atoms with Gasteiger partial charge in [0.1, 0.15) is 5.15 Å². The van der Waals surface area contributed by atoms with E-state index in [1.165, 1.54) is 0 Å². The monoisotopic (exact) mass is 206 g/mol. The van der Waals surface area contributed by atoms with Gasteiger partial charge in [0.2, 0.25) is 0 Å². The Morgan fingerprint density at radius 3 is 3.14 bits per heavy atom. The van der Waals surface area contributed by atoms with Crippen molar-refractivity contribution >= 4 is 11.6 Å². The first kappa shape index (κ1) is 10.4. The van der Waals surface area contributed by atoms with Gasteiger partial charge in [-0.05, 0) is 24.1 Å². The van der Waals surface area contributed by atoms with E-state index in [0.717, 1.165) is 11.1 Å². The van der Waals surface area contributed by atoms with Gasteiger partial charge in [-0.3, -0.25) is 0 Å². The van der Waals surface area contributed by atoms with Crippen molar-refractivity contribution in [3.63, 3.8) is 0 Å². The molecule has 4 nitrogen and oxygen atoms in total. The Morgan fingerprint density at radius 1 is 1.71 bits per heavy atom. The van der Waals surface area contributed by atoms with E-state index < -0.39 is 0 Å². The fourth-order valence-corrected chi connectivity index (χ4v) is 0.938. The number of nitrogens with zero attached hydrogens (tertiary/aromatic N) is 4. The number of rotatable bonds is 1. The molecule has 1 aromatic rings. The van der Waals surface area contributed by atoms with Crippen LogP contribution in [0.3, 0.4) is 0 Å². The van der Waals surface area contributed by atoms with Crippen molar-refractivity contribution in [2.75, 3.05) is 6.54 Å². The van der Waals surface area contributed by atoms with Crippen LogP contribution in [-0.4, -0.2) is 11.5 Å². The zero-order valence-electron chi connectivity index (χ0n) is 7.53. The first-order chi connectivity index (χ1) is 6.74. The second-order valence-electron chi connectivity index (χ2n) is 2.52. The summed E-state index contributed by atoms with van der Waals surface area (Å²) in [6.07, 6.45) is 1.58. The summed E-state index contributed by atoms with van der Waals surface area (Å²) in [6, 6.07) is 1.83. The second-order valence-corrected chi connectivity index (χ2v) is 2.88. The summed E-state index contributed by atoms with van der Waals surface area (Å²) in [5, 5.41) is 3.76. The molecule has 0 aliphatic rings. The molecule has 0 aromatic carbocycles. The van der Waals surface area contributed by atoms with Crippen molar-refractivity contribution in [2.45, 2.75) is 6.92 Å². The van der Waals surface area contributed by atoms with E-state index in [0.29, 0.717) is 5.15 Å². The van der Waals surface area contributed by atoms with Crippen LogP contribution in [0.4, 0.5) is 0 Å². The molecule has 70 valence electrons. The molecule has 0 fully saturated rings. The number of halogens is 1. The second kappa shape index (κ2) is 5.13. The van der Waals surface area contributed by atoms with Gasteiger partial charge in [-0.25, -0.2) is 4.98 Å². The van der Waals surface area contributed by atoms with Gasteiger partial charge in [0.05, 0.1) is 6.54 Å². The molecular formula is C9H7ClN4. The van der Waals surface area contributed by atoms with E-state index in [9.17, 15) is 0 Å². The number of aryl methyl sites for hydroxylation is 1. The van der Waals surface area contributed by atoms with Crippen LogP contribution in [0.2, 0.25) is 5.15 Å². The summed E-state index contributed by atoms with van der Waals surface area (Å²) in [5.41, 5.74) is 9.65. The molecule has 1 rings (SSSR count). The maximum absolute atomic E-state index is 8.00. The van der Waals surface area contributed by atoms with Gasteiger partial charge in [-0.15, -0.1) is 0 Å². The summed E-state index contributed by atoms with van der Waals surface area (Å²) >= 11 is 5.74. The minimum Gasteiger partial charge on any atom is -0.243 e. The fourth-order valence-electron chi connectivity index (χ4n) is 0.835. The topological polar surface area (TPSA) is 61.7 Å². The Bertz CT molecular complexity index is 438. The Kier molecular flexibility index (Phi) is 3.81. The molecule has 0 aliphatic heterocycles. The Morgan fingerprint density at radius 2 is 2.50 bits per heavy atom. The van der Waals surface area contributed by atoms with E-state index in [1.54, 1.807) is 6.20 Å². The maximum Gasteiger partial charge on any atom is 0.132 e. The van der Waals surface area contributed by atoms with Gasteiger partial charge in [-0.2, -0.15) is 0 Å². The van der Waals surface area contributed by atoms with Crippen molar-refractivity contribution in [2.24, 2.45) is 5.11 Å². The molecular weight excluding hydrogens is 200 g/mol. The van der Waals surface area contributed by atoms with E-state index in [4.69, 9.17) is 17.1 Å². The summed E-state index contributed by atoms with van der Waals surface area (Å²) in [7, 11) is 0. The van der Waals surface area contributed by atoms with Crippen LogP contribution in [0, 0.1) is 18.8 Å². The zero-order valence-corrected chi connectivity index (χ0v) is 8.28. The standard InChI is InChI=1S/C9H7ClN4/c1-7-5-8(6-12-9(7)10)3-2-4-13-14-11/h5-6H,4H2,1H3. The van der Waals surface area contributed by atoms with Crippen molar-refractivity contribution in [1.82, 2.24) is 4.98 Å². The molecule has 0 bridgehead atoms. The lowest BCUT2D eigenvalue weighted by atomic mass is 10.2. The van der Waals surface area contributed by atoms with E-state index in [-0.39, 0.29) is 6.54 Å². The molecule has 0 radical (unpaired) electrons. The number of pyridine rings is 1. The van der Waals surface area contributed by atoms with Crippen molar-refractivity contribution in [3.05, 3.63) is 39.0 Å². The normalized spacial score (nSPS) is 8.43. The molecule has 14 heavy (non-hydrogen) atoms. The average Bonchev–Trinajstić information content (AvgIpc) is 2.18. The Hall–Kier alpha value is -1.69. The van der Waals surface area contributed by atoms with Crippen LogP contribution in [0.1, 0.15) is 11.1 Å². The van der Waals surface area contributed by atoms with Crippen LogP contribution in [0.25, 0.3) is 10.4 Å². The lowest BCUT2D eigenvalue weighted by Gasteiger charge is -1.95. The SMILES string of the molecule is Cc1cc(C#CCN=[N+]=[N-])cnc1Cl. The number of azide groups is 1. The number of hydrogen-bond donors (Lipinski definition) is 0. The van der Waals surface area contributed by atoms with E-state index in [1.807, 2.05) is 13.0 Å². The van der Waals surface area contributed by atoms with Gasteiger partial charge in [-0.1, -0.05) is 28.6 Å². The quantitative estimate of drug-likeness (QED) is 0.229. The highest BCUT2D eigenvalue weighted by atomic mass is 35.5. The lowest BCUT2D eigenvalue weighted by Crippen LogP contribution is -1.84. The molecule has 0 atom stereocenters. The molecule has 1 heterocycles. The van der Waals surface area contributed by atoms with Gasteiger partial charge in [0, 0.05) is 16.7 Å². The Labute approximate surface area is 86.5 Å². The highest BCUT2D eigenvalue weighted by Crippen LogP contribution is 2.11. The molecule has 0 saturated carbocycles. The first-order valence-corrected chi connectivity index (χ1v) is 4.23. The first-order valence-electron chi connectivity index (χ1n) is 3.86. The van der Waals surface area contributed by atoms with Gasteiger partial charge in [0.25, 0.3) is 0 Å².